The van der Waals surface area contributed by atoms with Crippen LogP contribution in [0.3, 0.4) is 0 Å². The molecule has 2 aromatic rings. The molecule has 27 heavy (non-hydrogen) atoms. The largest absolute Gasteiger partial charge is 0.481 e. The lowest BCUT2D eigenvalue weighted by Gasteiger charge is -2.28. The van der Waals surface area contributed by atoms with E-state index in [1.807, 2.05) is 42.5 Å². The van der Waals surface area contributed by atoms with Crippen LogP contribution in [0.5, 0.6) is 5.88 Å². The van der Waals surface area contributed by atoms with E-state index in [-0.39, 0.29) is 18.8 Å². The molecular weight excluding hydrogens is 353 g/mol. The molecule has 1 saturated carbocycles. The van der Waals surface area contributed by atoms with Gasteiger partial charge in [0, 0.05) is 11.1 Å². The predicted molar refractivity (Wildman–Crippen MR) is 101 cm³/mol. The van der Waals surface area contributed by atoms with Crippen LogP contribution in [0.1, 0.15) is 31.2 Å². The smallest absolute Gasteiger partial charge is 0.391 e. The first-order chi connectivity index (χ1) is 12.9. The molecule has 1 aromatic heterocycles. The van der Waals surface area contributed by atoms with Crippen LogP contribution in [-0.2, 0) is 0 Å². The molecular formula is C21H23F3N2O. The third-order valence-corrected chi connectivity index (χ3v) is 5.07. The molecule has 3 rings (SSSR count). The number of allylic oxidation sites excluding steroid dienone is 1. The molecule has 2 N–H and O–H groups in total. The number of nitrogens with two attached hydrogens (primary N) is 1. The molecule has 0 unspecified atom stereocenters. The summed E-state index contributed by atoms with van der Waals surface area (Å²) in [5.41, 5.74) is 8.98. The Labute approximate surface area is 157 Å². The number of halogens is 3. The highest BCUT2D eigenvalue weighted by Crippen LogP contribution is 2.40. The van der Waals surface area contributed by atoms with Crippen molar-refractivity contribution >= 4 is 11.8 Å². The number of alkyl halides is 3. The van der Waals surface area contributed by atoms with Gasteiger partial charge >= 0.3 is 6.18 Å². The summed E-state index contributed by atoms with van der Waals surface area (Å²) in [5, 5.41) is 0. The molecule has 6 heteroatoms. The molecule has 0 spiro atoms. The third kappa shape index (κ3) is 4.62. The molecule has 1 aromatic carbocycles. The van der Waals surface area contributed by atoms with Crippen LogP contribution in [0, 0.1) is 11.8 Å². The molecule has 0 amide bonds. The van der Waals surface area contributed by atoms with Gasteiger partial charge in [0.2, 0.25) is 5.88 Å². The third-order valence-electron chi connectivity index (χ3n) is 5.07. The van der Waals surface area contributed by atoms with Gasteiger partial charge in [0.1, 0.15) is 0 Å². The Bertz CT molecular complexity index is 795. The number of methoxy groups -OCH3 is 1. The minimum absolute atomic E-state index is 0.128. The van der Waals surface area contributed by atoms with E-state index in [1.165, 1.54) is 0 Å². The van der Waals surface area contributed by atoms with Crippen molar-refractivity contribution in [3.05, 3.63) is 48.0 Å². The minimum Gasteiger partial charge on any atom is -0.481 e. The van der Waals surface area contributed by atoms with Crippen molar-refractivity contribution in [3.63, 3.8) is 0 Å². The number of nitrogens with zero attached hydrogens (tertiary/aromatic N) is 1. The molecule has 3 nitrogen and oxygen atoms in total. The van der Waals surface area contributed by atoms with Crippen LogP contribution < -0.4 is 10.5 Å². The number of ether oxygens (including phenoxy) is 1. The van der Waals surface area contributed by atoms with Crippen molar-refractivity contribution in [2.45, 2.75) is 31.9 Å². The molecule has 0 aliphatic heterocycles. The summed E-state index contributed by atoms with van der Waals surface area (Å²) in [7, 11) is 1.54. The molecule has 1 fully saturated rings. The monoisotopic (exact) mass is 376 g/mol. The van der Waals surface area contributed by atoms with E-state index >= 15 is 0 Å². The van der Waals surface area contributed by atoms with Crippen molar-refractivity contribution in [2.75, 3.05) is 12.8 Å². The summed E-state index contributed by atoms with van der Waals surface area (Å²) in [4.78, 5) is 4.52. The number of anilines is 1. The number of pyridine rings is 1. The Morgan fingerprint density at radius 2 is 1.78 bits per heavy atom. The Morgan fingerprint density at radius 1 is 1.11 bits per heavy atom. The van der Waals surface area contributed by atoms with E-state index in [4.69, 9.17) is 10.5 Å². The van der Waals surface area contributed by atoms with E-state index < -0.39 is 12.1 Å². The average molecular weight is 376 g/mol. The van der Waals surface area contributed by atoms with Crippen LogP contribution in [0.4, 0.5) is 18.9 Å². The molecule has 1 heterocycles. The fourth-order valence-corrected chi connectivity index (χ4v) is 3.52. The van der Waals surface area contributed by atoms with Crippen molar-refractivity contribution in [3.8, 4) is 17.1 Å². The van der Waals surface area contributed by atoms with Gasteiger partial charge in [-0.05, 0) is 37.7 Å². The van der Waals surface area contributed by atoms with Gasteiger partial charge in [-0.15, -0.1) is 0 Å². The fourth-order valence-electron chi connectivity index (χ4n) is 3.52. The van der Waals surface area contributed by atoms with Gasteiger partial charge in [-0.2, -0.15) is 13.2 Å². The molecule has 1 aliphatic carbocycles. The highest BCUT2D eigenvalue weighted by Gasteiger charge is 2.40. The lowest BCUT2D eigenvalue weighted by molar-refractivity contribution is -0.183. The second-order valence-electron chi connectivity index (χ2n) is 6.90. The Hall–Kier alpha value is -2.50. The van der Waals surface area contributed by atoms with Gasteiger partial charge in [0.15, 0.2) is 0 Å². The summed E-state index contributed by atoms with van der Waals surface area (Å²) < 4.78 is 43.7. The van der Waals surface area contributed by atoms with E-state index in [0.29, 0.717) is 30.1 Å². The lowest BCUT2D eigenvalue weighted by atomic mass is 9.81. The summed E-state index contributed by atoms with van der Waals surface area (Å²) in [5.74, 6) is -0.592. The van der Waals surface area contributed by atoms with Crippen LogP contribution >= 0.6 is 0 Å². The predicted octanol–water partition coefficient (Wildman–Crippen LogP) is 5.72. The SMILES string of the molecule is COc1nc(-c2ccccc2)c(N)cc1/C=C/[C@H]1CC[C@H](C(F)(F)F)CC1. The molecule has 0 radical (unpaired) electrons. The Morgan fingerprint density at radius 3 is 2.37 bits per heavy atom. The van der Waals surface area contributed by atoms with Crippen molar-refractivity contribution in [1.29, 1.82) is 0 Å². The summed E-state index contributed by atoms with van der Waals surface area (Å²) in [6.45, 7) is 0. The molecule has 144 valence electrons. The number of nitrogen functional groups attached to an aromatic ring is 1. The topological polar surface area (TPSA) is 48.1 Å². The van der Waals surface area contributed by atoms with Crippen LogP contribution in [0.25, 0.3) is 17.3 Å². The van der Waals surface area contributed by atoms with Crippen molar-refractivity contribution in [2.24, 2.45) is 11.8 Å². The first kappa shape index (κ1) is 19.3. The van der Waals surface area contributed by atoms with E-state index in [2.05, 4.69) is 4.98 Å². The maximum atomic E-state index is 12.8. The van der Waals surface area contributed by atoms with Gasteiger partial charge in [-0.3, -0.25) is 0 Å². The van der Waals surface area contributed by atoms with E-state index in [9.17, 15) is 13.2 Å². The molecule has 0 saturated heterocycles. The maximum absolute atomic E-state index is 12.8. The number of aromatic nitrogens is 1. The van der Waals surface area contributed by atoms with Crippen molar-refractivity contribution in [1.82, 2.24) is 4.98 Å². The number of rotatable bonds is 4. The zero-order chi connectivity index (χ0) is 19.4. The fraction of sp³-hybridized carbons (Fsp3) is 0.381. The van der Waals surface area contributed by atoms with Gasteiger partial charge < -0.3 is 10.5 Å². The number of hydrogen-bond acceptors (Lipinski definition) is 3. The normalized spacial score (nSPS) is 20.7. The van der Waals surface area contributed by atoms with Gasteiger partial charge in [0.25, 0.3) is 0 Å². The maximum Gasteiger partial charge on any atom is 0.391 e. The van der Waals surface area contributed by atoms with Crippen LogP contribution in [-0.4, -0.2) is 18.3 Å². The highest BCUT2D eigenvalue weighted by atomic mass is 19.4. The minimum atomic E-state index is -4.08. The summed E-state index contributed by atoms with van der Waals surface area (Å²) >= 11 is 0. The van der Waals surface area contributed by atoms with Gasteiger partial charge in [0.05, 0.1) is 24.4 Å². The average Bonchev–Trinajstić information content (AvgIpc) is 2.66. The Balaban J connectivity index is 1.76. The van der Waals surface area contributed by atoms with Crippen LogP contribution in [0.2, 0.25) is 0 Å². The van der Waals surface area contributed by atoms with E-state index in [0.717, 1.165) is 11.1 Å². The Kier molecular flexibility index (Phi) is 5.73. The zero-order valence-electron chi connectivity index (χ0n) is 15.2. The van der Waals surface area contributed by atoms with Crippen LogP contribution in [0.15, 0.2) is 42.5 Å². The molecule has 0 atom stereocenters. The second kappa shape index (κ2) is 8.03. The molecule has 0 bridgehead atoms. The second-order valence-corrected chi connectivity index (χ2v) is 6.90. The first-order valence-electron chi connectivity index (χ1n) is 9.03. The van der Waals surface area contributed by atoms with Gasteiger partial charge in [-0.1, -0.05) is 42.5 Å². The molecule has 1 aliphatic rings. The van der Waals surface area contributed by atoms with Gasteiger partial charge in [-0.25, -0.2) is 4.98 Å². The summed E-state index contributed by atoms with van der Waals surface area (Å²) in [6, 6.07) is 11.4. The summed E-state index contributed by atoms with van der Waals surface area (Å²) in [6.07, 6.45) is 1.17. The zero-order valence-corrected chi connectivity index (χ0v) is 15.2. The van der Waals surface area contributed by atoms with E-state index in [1.54, 1.807) is 13.2 Å². The quantitative estimate of drug-likeness (QED) is 0.742. The first-order valence-corrected chi connectivity index (χ1v) is 9.03. The number of hydrogen-bond donors (Lipinski definition) is 1. The highest BCUT2D eigenvalue weighted by molar-refractivity contribution is 5.76. The number of benzene rings is 1. The lowest BCUT2D eigenvalue weighted by Crippen LogP contribution is -2.27. The standard InChI is InChI=1S/C21H23F3N2O/c1-27-20-16(10-7-14-8-11-17(12-9-14)21(22,23)24)13-18(25)19(26-20)15-5-3-2-4-6-15/h2-7,10,13-14,17H,8-9,11-12,25H2,1H3/b10-7+/t14-,17-. The van der Waals surface area contributed by atoms with Crippen molar-refractivity contribution < 1.29 is 17.9 Å².